The van der Waals surface area contributed by atoms with Gasteiger partial charge in [0, 0.05) is 16.8 Å². The van der Waals surface area contributed by atoms with E-state index in [4.69, 9.17) is 11.5 Å². The summed E-state index contributed by atoms with van der Waals surface area (Å²) in [5.74, 6) is -2.40. The second-order valence-corrected chi connectivity index (χ2v) is 6.71. The van der Waals surface area contributed by atoms with E-state index in [1.165, 1.54) is 24.3 Å². The lowest BCUT2D eigenvalue weighted by atomic mass is 9.79. The van der Waals surface area contributed by atoms with Gasteiger partial charge in [0.25, 0.3) is 0 Å². The van der Waals surface area contributed by atoms with Crippen LogP contribution >= 0.6 is 0 Å². The van der Waals surface area contributed by atoms with E-state index in [1.54, 1.807) is 19.1 Å². The van der Waals surface area contributed by atoms with Crippen molar-refractivity contribution in [2.75, 3.05) is 11.5 Å². The molecule has 0 saturated carbocycles. The predicted octanol–water partition coefficient (Wildman–Crippen LogP) is 2.72. The van der Waals surface area contributed by atoms with Crippen molar-refractivity contribution in [3.63, 3.8) is 0 Å². The number of anilines is 2. The van der Waals surface area contributed by atoms with Crippen LogP contribution in [0.5, 0.6) is 17.2 Å². The molecule has 0 aliphatic heterocycles. The van der Waals surface area contributed by atoms with Gasteiger partial charge in [-0.2, -0.15) is 0 Å². The Kier molecular flexibility index (Phi) is 3.58. The number of benzene rings is 3. The van der Waals surface area contributed by atoms with Crippen LogP contribution in [0.2, 0.25) is 0 Å². The van der Waals surface area contributed by atoms with Gasteiger partial charge in [-0.3, -0.25) is 9.59 Å². The molecule has 0 atom stereocenters. The Bertz CT molecular complexity index is 1210. The molecule has 0 aromatic heterocycles. The molecule has 1 aliphatic carbocycles. The molecular weight excluding hydrogens is 360 g/mol. The average molecular weight is 376 g/mol. The van der Waals surface area contributed by atoms with Gasteiger partial charge in [0.1, 0.15) is 17.2 Å². The normalized spacial score (nSPS) is 12.6. The van der Waals surface area contributed by atoms with Gasteiger partial charge in [-0.25, -0.2) is 0 Å². The van der Waals surface area contributed by atoms with E-state index in [-0.39, 0.29) is 44.9 Å². The number of aromatic hydroxyl groups is 3. The Hall–Kier alpha value is -4.00. The smallest absolute Gasteiger partial charge is 0.200 e. The molecule has 3 aromatic carbocycles. The number of phenolic OH excluding ortho intramolecular Hbond substituents is 3. The van der Waals surface area contributed by atoms with Crippen molar-refractivity contribution in [1.29, 1.82) is 0 Å². The molecule has 7 heteroatoms. The van der Waals surface area contributed by atoms with Gasteiger partial charge in [-0.1, -0.05) is 12.1 Å². The van der Waals surface area contributed by atoms with Gasteiger partial charge in [0.05, 0.1) is 27.9 Å². The van der Waals surface area contributed by atoms with E-state index >= 15 is 0 Å². The molecule has 0 amide bonds. The molecule has 7 nitrogen and oxygen atoms in total. The Labute approximate surface area is 159 Å². The third-order valence-electron chi connectivity index (χ3n) is 4.91. The molecule has 0 heterocycles. The highest BCUT2D eigenvalue weighted by Gasteiger charge is 2.38. The van der Waals surface area contributed by atoms with Crippen molar-refractivity contribution in [2.24, 2.45) is 0 Å². The van der Waals surface area contributed by atoms with E-state index in [0.717, 1.165) is 5.56 Å². The molecule has 28 heavy (non-hydrogen) atoms. The monoisotopic (exact) mass is 376 g/mol. The van der Waals surface area contributed by atoms with Crippen LogP contribution in [0, 0.1) is 6.92 Å². The third kappa shape index (κ3) is 2.23. The van der Waals surface area contributed by atoms with Crippen LogP contribution in [-0.2, 0) is 0 Å². The molecule has 1 aliphatic rings. The van der Waals surface area contributed by atoms with E-state index in [1.807, 2.05) is 0 Å². The number of fused-ring (bicyclic) bond motifs is 2. The fourth-order valence-corrected chi connectivity index (χ4v) is 3.57. The Morgan fingerprint density at radius 2 is 1.32 bits per heavy atom. The zero-order valence-corrected chi connectivity index (χ0v) is 14.8. The summed E-state index contributed by atoms with van der Waals surface area (Å²) in [6, 6.07) is 8.60. The standard InChI is InChI=1S/C21H16N2O5/c1-8-2-3-9(13(25)6-8)10-7-14(26)17-18(19(10)23)21(28)16-12(24)5-4-11(22)15(16)20(17)27/h2-7,24-26H,22-23H2,1H3. The number of carbonyl (C=O) groups is 2. The first kappa shape index (κ1) is 17.4. The highest BCUT2D eigenvalue weighted by Crippen LogP contribution is 2.45. The van der Waals surface area contributed by atoms with Gasteiger partial charge in [-0.15, -0.1) is 0 Å². The lowest BCUT2D eigenvalue weighted by Crippen LogP contribution is -2.24. The Morgan fingerprint density at radius 1 is 0.679 bits per heavy atom. The van der Waals surface area contributed by atoms with Crippen molar-refractivity contribution in [2.45, 2.75) is 6.92 Å². The van der Waals surface area contributed by atoms with Gasteiger partial charge in [0.15, 0.2) is 0 Å². The molecule has 0 fully saturated rings. The molecule has 0 radical (unpaired) electrons. The number of ketones is 2. The third-order valence-corrected chi connectivity index (χ3v) is 4.91. The fourth-order valence-electron chi connectivity index (χ4n) is 3.57. The molecule has 7 N–H and O–H groups in total. The summed E-state index contributed by atoms with van der Waals surface area (Å²) < 4.78 is 0. The van der Waals surface area contributed by atoms with Crippen LogP contribution in [0.25, 0.3) is 11.1 Å². The molecule has 0 spiro atoms. The topological polar surface area (TPSA) is 147 Å². The van der Waals surface area contributed by atoms with Gasteiger partial charge < -0.3 is 26.8 Å². The number of hydrogen-bond donors (Lipinski definition) is 5. The van der Waals surface area contributed by atoms with E-state index in [2.05, 4.69) is 0 Å². The van der Waals surface area contributed by atoms with Crippen molar-refractivity contribution < 1.29 is 24.9 Å². The second kappa shape index (κ2) is 5.75. The maximum atomic E-state index is 13.1. The van der Waals surface area contributed by atoms with Crippen LogP contribution in [0.1, 0.15) is 37.4 Å². The number of hydrogen-bond acceptors (Lipinski definition) is 7. The minimum absolute atomic E-state index is 0.00928. The van der Waals surface area contributed by atoms with Crippen molar-refractivity contribution >= 4 is 22.9 Å². The SMILES string of the molecule is Cc1ccc(-c2cc(O)c3c(c2N)C(=O)c2c(O)ccc(N)c2C3=O)c(O)c1. The maximum Gasteiger partial charge on any atom is 0.200 e. The summed E-state index contributed by atoms with van der Waals surface area (Å²) in [6.45, 7) is 1.80. The molecule has 3 aromatic rings. The van der Waals surface area contributed by atoms with Crippen molar-refractivity contribution in [3.8, 4) is 28.4 Å². The zero-order valence-electron chi connectivity index (χ0n) is 14.8. The summed E-state index contributed by atoms with van der Waals surface area (Å²) in [5, 5.41) is 30.9. The van der Waals surface area contributed by atoms with E-state index in [9.17, 15) is 24.9 Å². The Balaban J connectivity index is 2.06. The average Bonchev–Trinajstić information content (AvgIpc) is 2.63. The highest BCUT2D eigenvalue weighted by molar-refractivity contribution is 6.34. The summed E-state index contributed by atoms with van der Waals surface area (Å²) in [4.78, 5) is 26.1. The van der Waals surface area contributed by atoms with Crippen LogP contribution in [0.15, 0.2) is 36.4 Å². The van der Waals surface area contributed by atoms with E-state index < -0.39 is 23.1 Å². The highest BCUT2D eigenvalue weighted by atomic mass is 16.3. The van der Waals surface area contributed by atoms with Crippen LogP contribution < -0.4 is 11.5 Å². The Morgan fingerprint density at radius 3 is 2.00 bits per heavy atom. The second-order valence-electron chi connectivity index (χ2n) is 6.71. The molecule has 0 bridgehead atoms. The van der Waals surface area contributed by atoms with Crippen LogP contribution in [0.3, 0.4) is 0 Å². The minimum atomic E-state index is -0.726. The minimum Gasteiger partial charge on any atom is -0.507 e. The lowest BCUT2D eigenvalue weighted by Gasteiger charge is -2.23. The number of carbonyl (C=O) groups excluding carboxylic acids is 2. The predicted molar refractivity (Wildman–Crippen MR) is 104 cm³/mol. The number of aryl methyl sites for hydroxylation is 1. The summed E-state index contributed by atoms with van der Waals surface area (Å²) in [7, 11) is 0. The number of phenols is 3. The fraction of sp³-hybridized carbons (Fsp3) is 0.0476. The molecule has 4 rings (SSSR count). The summed E-state index contributed by atoms with van der Waals surface area (Å²) >= 11 is 0. The lowest BCUT2D eigenvalue weighted by molar-refractivity contribution is 0.0975. The first-order valence-corrected chi connectivity index (χ1v) is 8.38. The van der Waals surface area contributed by atoms with Gasteiger partial charge >= 0.3 is 0 Å². The summed E-state index contributed by atoms with van der Waals surface area (Å²) in [5.41, 5.74) is 12.3. The summed E-state index contributed by atoms with van der Waals surface area (Å²) in [6.07, 6.45) is 0. The number of rotatable bonds is 1. The number of nitrogen functional groups attached to an aromatic ring is 2. The molecule has 0 unspecified atom stereocenters. The molecular formula is C21H16N2O5. The quantitative estimate of drug-likeness (QED) is 0.253. The van der Waals surface area contributed by atoms with Gasteiger partial charge in [0.2, 0.25) is 11.6 Å². The maximum absolute atomic E-state index is 13.1. The zero-order chi connectivity index (χ0) is 20.3. The van der Waals surface area contributed by atoms with Crippen LogP contribution in [0.4, 0.5) is 11.4 Å². The first-order chi connectivity index (χ1) is 13.2. The van der Waals surface area contributed by atoms with Gasteiger partial charge in [-0.05, 0) is 36.8 Å². The van der Waals surface area contributed by atoms with Crippen molar-refractivity contribution in [3.05, 3.63) is 64.2 Å². The first-order valence-electron chi connectivity index (χ1n) is 8.38. The van der Waals surface area contributed by atoms with Crippen molar-refractivity contribution in [1.82, 2.24) is 0 Å². The largest absolute Gasteiger partial charge is 0.507 e. The van der Waals surface area contributed by atoms with Crippen LogP contribution in [-0.4, -0.2) is 26.9 Å². The number of nitrogens with two attached hydrogens (primary N) is 2. The molecule has 140 valence electrons. The van der Waals surface area contributed by atoms with E-state index in [0.29, 0.717) is 5.56 Å². The molecule has 0 saturated heterocycles.